The van der Waals surface area contributed by atoms with E-state index in [1.54, 1.807) is 6.33 Å². The average molecular weight is 264 g/mol. The second kappa shape index (κ2) is 7.31. The molecule has 0 aliphatic carbocycles. The van der Waals surface area contributed by atoms with Crippen LogP contribution >= 0.6 is 0 Å². The van der Waals surface area contributed by atoms with Crippen LogP contribution in [-0.4, -0.2) is 22.1 Å². The lowest BCUT2D eigenvalue weighted by Gasteiger charge is -2.28. The van der Waals surface area contributed by atoms with Crippen LogP contribution < -0.4 is 10.6 Å². The van der Waals surface area contributed by atoms with Gasteiger partial charge in [0.1, 0.15) is 18.0 Å². The highest BCUT2D eigenvalue weighted by Gasteiger charge is 2.19. The molecule has 1 aromatic rings. The molecule has 0 aliphatic rings. The van der Waals surface area contributed by atoms with E-state index in [0.717, 1.165) is 43.9 Å². The van der Waals surface area contributed by atoms with E-state index in [9.17, 15) is 0 Å². The highest BCUT2D eigenvalue weighted by molar-refractivity contribution is 5.58. The number of hydrogen-bond donors (Lipinski definition) is 2. The Morgan fingerprint density at radius 1 is 1.05 bits per heavy atom. The van der Waals surface area contributed by atoms with Crippen LogP contribution in [0.3, 0.4) is 0 Å². The van der Waals surface area contributed by atoms with Crippen LogP contribution in [0.1, 0.15) is 59.4 Å². The van der Waals surface area contributed by atoms with Gasteiger partial charge in [-0.05, 0) is 33.6 Å². The smallest absolute Gasteiger partial charge is 0.135 e. The van der Waals surface area contributed by atoms with E-state index in [-0.39, 0.29) is 5.54 Å². The molecule has 19 heavy (non-hydrogen) atoms. The predicted octanol–water partition coefficient (Wildman–Crippen LogP) is 3.85. The van der Waals surface area contributed by atoms with Gasteiger partial charge in [-0.2, -0.15) is 0 Å². The summed E-state index contributed by atoms with van der Waals surface area (Å²) < 4.78 is 0. The van der Waals surface area contributed by atoms with E-state index in [0.29, 0.717) is 0 Å². The summed E-state index contributed by atoms with van der Waals surface area (Å²) in [5, 5.41) is 6.91. The highest BCUT2D eigenvalue weighted by atomic mass is 15.1. The number of hydrogen-bond acceptors (Lipinski definition) is 4. The summed E-state index contributed by atoms with van der Waals surface area (Å²) in [7, 11) is 0. The zero-order valence-electron chi connectivity index (χ0n) is 13.0. The predicted molar refractivity (Wildman–Crippen MR) is 82.8 cm³/mol. The fourth-order valence-corrected chi connectivity index (χ4v) is 2.33. The lowest BCUT2D eigenvalue weighted by Crippen LogP contribution is -2.31. The van der Waals surface area contributed by atoms with Gasteiger partial charge in [-0.1, -0.05) is 26.7 Å². The van der Waals surface area contributed by atoms with Crippen LogP contribution in [0, 0.1) is 0 Å². The Morgan fingerprint density at radius 2 is 1.74 bits per heavy atom. The summed E-state index contributed by atoms with van der Waals surface area (Å²) in [6, 6.07) is 0. The molecule has 2 N–H and O–H groups in total. The summed E-state index contributed by atoms with van der Waals surface area (Å²) in [5.41, 5.74) is 1.27. The van der Waals surface area contributed by atoms with E-state index in [2.05, 4.69) is 55.2 Å². The van der Waals surface area contributed by atoms with Crippen molar-refractivity contribution in [2.75, 3.05) is 17.2 Å². The van der Waals surface area contributed by atoms with Crippen molar-refractivity contribution in [2.24, 2.45) is 0 Å². The largest absolute Gasteiger partial charge is 0.370 e. The summed E-state index contributed by atoms with van der Waals surface area (Å²) in [6.07, 6.45) is 6.01. The first kappa shape index (κ1) is 15.7. The normalized spacial score (nSPS) is 11.4. The van der Waals surface area contributed by atoms with E-state index in [1.807, 2.05) is 0 Å². The Kier molecular flexibility index (Phi) is 6.06. The van der Waals surface area contributed by atoms with E-state index in [1.165, 1.54) is 5.56 Å². The molecule has 4 heteroatoms. The maximum absolute atomic E-state index is 4.45. The Hall–Kier alpha value is -1.32. The molecule has 0 aromatic carbocycles. The van der Waals surface area contributed by atoms with Gasteiger partial charge >= 0.3 is 0 Å². The molecule has 0 bridgehead atoms. The van der Waals surface area contributed by atoms with Crippen molar-refractivity contribution < 1.29 is 0 Å². The summed E-state index contributed by atoms with van der Waals surface area (Å²) in [5.74, 6) is 1.94. The van der Waals surface area contributed by atoms with E-state index in [4.69, 9.17) is 0 Å². The van der Waals surface area contributed by atoms with E-state index >= 15 is 0 Å². The third-order valence-electron chi connectivity index (χ3n) is 3.12. The Bertz CT molecular complexity index is 388. The van der Waals surface area contributed by atoms with Crippen LogP contribution in [-0.2, 0) is 6.42 Å². The maximum Gasteiger partial charge on any atom is 0.135 e. The van der Waals surface area contributed by atoms with E-state index < -0.39 is 0 Å². The molecule has 0 saturated carbocycles. The molecule has 0 radical (unpaired) electrons. The fraction of sp³-hybridized carbons (Fsp3) is 0.733. The molecule has 0 unspecified atom stereocenters. The lowest BCUT2D eigenvalue weighted by molar-refractivity contribution is 0.508. The van der Waals surface area contributed by atoms with Crippen LogP contribution in [0.15, 0.2) is 6.33 Å². The van der Waals surface area contributed by atoms with Crippen LogP contribution in [0.2, 0.25) is 0 Å². The summed E-state index contributed by atoms with van der Waals surface area (Å²) >= 11 is 0. The van der Waals surface area contributed by atoms with Gasteiger partial charge in [0, 0.05) is 17.6 Å². The quantitative estimate of drug-likeness (QED) is 0.748. The molecule has 0 atom stereocenters. The van der Waals surface area contributed by atoms with Crippen molar-refractivity contribution in [3.05, 3.63) is 11.9 Å². The van der Waals surface area contributed by atoms with Crippen LogP contribution in [0.25, 0.3) is 0 Å². The fourth-order valence-electron chi connectivity index (χ4n) is 2.33. The summed E-state index contributed by atoms with van der Waals surface area (Å²) in [6.45, 7) is 11.8. The molecule has 0 spiro atoms. The zero-order valence-corrected chi connectivity index (χ0v) is 13.0. The van der Waals surface area contributed by atoms with Crippen LogP contribution in [0.4, 0.5) is 11.6 Å². The number of nitrogens with zero attached hydrogens (tertiary/aromatic N) is 2. The Balaban J connectivity index is 3.01. The first-order valence-corrected chi connectivity index (χ1v) is 7.40. The molecule has 1 heterocycles. The van der Waals surface area contributed by atoms with Crippen LogP contribution in [0.5, 0.6) is 0 Å². The third kappa shape index (κ3) is 4.69. The van der Waals surface area contributed by atoms with Gasteiger partial charge < -0.3 is 10.6 Å². The first-order chi connectivity index (χ1) is 9.04. The molecule has 1 rings (SSSR count). The van der Waals surface area contributed by atoms with Gasteiger partial charge in [0.25, 0.3) is 0 Å². The van der Waals surface area contributed by atoms with Crippen molar-refractivity contribution >= 4 is 11.6 Å². The highest BCUT2D eigenvalue weighted by Crippen LogP contribution is 2.26. The minimum atomic E-state index is 0.0646. The van der Waals surface area contributed by atoms with Gasteiger partial charge in [0.15, 0.2) is 0 Å². The molecule has 0 saturated heterocycles. The van der Waals surface area contributed by atoms with Gasteiger partial charge in [-0.15, -0.1) is 0 Å². The second-order valence-electron chi connectivity index (χ2n) is 5.59. The van der Waals surface area contributed by atoms with Gasteiger partial charge in [-0.25, -0.2) is 9.97 Å². The second-order valence-corrected chi connectivity index (χ2v) is 5.59. The molecule has 4 nitrogen and oxygen atoms in total. The zero-order chi connectivity index (χ0) is 14.3. The molecular formula is C15H28N4. The average Bonchev–Trinajstić information content (AvgIpc) is 2.33. The molecule has 1 aromatic heterocycles. The maximum atomic E-state index is 4.45. The number of aromatic nitrogens is 2. The molecule has 0 aliphatic heterocycles. The SMILES string of the molecule is CCCc1c(NCC)ncnc1NC(C)(C)CCC. The lowest BCUT2D eigenvalue weighted by atomic mass is 9.98. The van der Waals surface area contributed by atoms with Gasteiger partial charge in [-0.3, -0.25) is 0 Å². The number of anilines is 2. The van der Waals surface area contributed by atoms with Gasteiger partial charge in [0.2, 0.25) is 0 Å². The first-order valence-electron chi connectivity index (χ1n) is 7.40. The minimum Gasteiger partial charge on any atom is -0.370 e. The van der Waals surface area contributed by atoms with Crippen molar-refractivity contribution in [1.82, 2.24) is 9.97 Å². The number of nitrogens with one attached hydrogen (secondary N) is 2. The standard InChI is InChI=1S/C15H28N4/c1-6-9-12-13(16-8-3)17-11-18-14(12)19-15(4,5)10-7-2/h11H,6-10H2,1-5H3,(H2,16,17,18,19). The third-order valence-corrected chi connectivity index (χ3v) is 3.12. The molecule has 0 fully saturated rings. The Labute approximate surface area is 117 Å². The van der Waals surface area contributed by atoms with Gasteiger partial charge in [0.05, 0.1) is 0 Å². The van der Waals surface area contributed by atoms with Crippen molar-refractivity contribution in [2.45, 2.75) is 65.8 Å². The minimum absolute atomic E-state index is 0.0646. The molecular weight excluding hydrogens is 236 g/mol. The molecule has 108 valence electrons. The van der Waals surface area contributed by atoms with Crippen molar-refractivity contribution in [3.63, 3.8) is 0 Å². The monoisotopic (exact) mass is 264 g/mol. The van der Waals surface area contributed by atoms with Crippen molar-refractivity contribution in [1.29, 1.82) is 0 Å². The topological polar surface area (TPSA) is 49.8 Å². The Morgan fingerprint density at radius 3 is 2.32 bits per heavy atom. The molecule has 0 amide bonds. The number of rotatable bonds is 8. The van der Waals surface area contributed by atoms with Crippen molar-refractivity contribution in [3.8, 4) is 0 Å². The summed E-state index contributed by atoms with van der Waals surface area (Å²) in [4.78, 5) is 8.81.